The van der Waals surface area contributed by atoms with Gasteiger partial charge < -0.3 is 15.2 Å². The molecule has 2 rings (SSSR count). The number of benzene rings is 1. The molecule has 0 aliphatic rings. The second-order valence-corrected chi connectivity index (χ2v) is 5.37. The van der Waals surface area contributed by atoms with Crippen LogP contribution >= 0.6 is 11.8 Å². The summed E-state index contributed by atoms with van der Waals surface area (Å²) in [5.74, 6) is 1.68. The summed E-state index contributed by atoms with van der Waals surface area (Å²) in [6.07, 6.45) is 11.4. The Morgan fingerprint density at radius 3 is 2.31 bits per heavy atom. The first kappa shape index (κ1) is 23.6. The number of aromatic nitrogens is 2. The normalized spacial score (nSPS) is 10.4. The maximum atomic E-state index is 5.72. The van der Waals surface area contributed by atoms with Gasteiger partial charge in [0.05, 0.1) is 27.6 Å². The highest BCUT2D eigenvalue weighted by atomic mass is 32.2. The van der Waals surface area contributed by atoms with Crippen molar-refractivity contribution in [3.8, 4) is 11.5 Å². The Kier molecular flexibility index (Phi) is 12.6. The number of fused-ring (bicyclic) bond motifs is 1. The molecule has 0 spiro atoms. The number of methoxy groups -OCH3 is 2. The molecule has 138 valence electrons. The maximum Gasteiger partial charge on any atom is 0.162 e. The molecule has 26 heavy (non-hydrogen) atoms. The van der Waals surface area contributed by atoms with Gasteiger partial charge in [0.25, 0.3) is 0 Å². The molecule has 0 amide bonds. The third-order valence-electron chi connectivity index (χ3n) is 3.06. The minimum Gasteiger partial charge on any atom is -0.493 e. The molecular formula is C19H26BN3O2S. The third kappa shape index (κ3) is 7.23. The standard InChI is InChI=1S/C10H11N3O2.C8H12S.CH3B/c1-14-8-3-6-7(4-9(8)15-2)12-5-13-10(6)11;1-4-6-7-8(5-2)9-3;1-2/h3-5H,1-2H3,(H2,11,12,13);4-7H,2H2,1,3H3;1H3/b;6-4-,8-7+;. The molecule has 0 saturated carbocycles. The van der Waals surface area contributed by atoms with E-state index in [2.05, 4.69) is 24.4 Å². The predicted molar refractivity (Wildman–Crippen MR) is 115 cm³/mol. The highest BCUT2D eigenvalue weighted by Gasteiger charge is 2.08. The number of hydrogen-bond donors (Lipinski definition) is 1. The van der Waals surface area contributed by atoms with E-state index in [1.807, 2.05) is 37.5 Å². The maximum absolute atomic E-state index is 5.72. The molecule has 2 aromatic rings. The largest absolute Gasteiger partial charge is 0.493 e. The van der Waals surface area contributed by atoms with Crippen molar-refractivity contribution < 1.29 is 9.47 Å². The van der Waals surface area contributed by atoms with E-state index in [0.29, 0.717) is 17.3 Å². The zero-order chi connectivity index (χ0) is 19.9. The van der Waals surface area contributed by atoms with Crippen molar-refractivity contribution in [2.75, 3.05) is 26.2 Å². The Balaban J connectivity index is 0.000000492. The molecule has 1 aromatic heterocycles. The van der Waals surface area contributed by atoms with E-state index in [1.54, 1.807) is 38.1 Å². The lowest BCUT2D eigenvalue weighted by Gasteiger charge is -2.08. The van der Waals surface area contributed by atoms with Gasteiger partial charge in [-0.15, -0.1) is 11.8 Å². The van der Waals surface area contributed by atoms with Crippen LogP contribution in [0.3, 0.4) is 0 Å². The monoisotopic (exact) mass is 371 g/mol. The first-order valence-electron chi connectivity index (χ1n) is 7.80. The first-order chi connectivity index (χ1) is 12.6. The fourth-order valence-corrected chi connectivity index (χ4v) is 2.19. The van der Waals surface area contributed by atoms with Crippen LogP contribution in [0.15, 0.2) is 54.2 Å². The quantitative estimate of drug-likeness (QED) is 0.619. The highest BCUT2D eigenvalue weighted by molar-refractivity contribution is 8.02. The van der Waals surface area contributed by atoms with Gasteiger partial charge in [0, 0.05) is 16.4 Å². The number of rotatable bonds is 5. The number of hydrogen-bond acceptors (Lipinski definition) is 6. The van der Waals surface area contributed by atoms with E-state index in [4.69, 9.17) is 15.2 Å². The lowest BCUT2D eigenvalue weighted by molar-refractivity contribution is 0.356. The average molecular weight is 371 g/mol. The topological polar surface area (TPSA) is 70.3 Å². The summed E-state index contributed by atoms with van der Waals surface area (Å²) in [5.41, 5.74) is 6.46. The van der Waals surface area contributed by atoms with Crippen LogP contribution in [0.1, 0.15) is 6.92 Å². The number of thioether (sulfide) groups is 1. The Hall–Kier alpha value is -2.41. The van der Waals surface area contributed by atoms with Crippen molar-refractivity contribution in [1.82, 2.24) is 9.97 Å². The van der Waals surface area contributed by atoms with E-state index in [1.165, 1.54) is 18.1 Å². The van der Waals surface area contributed by atoms with Gasteiger partial charge in [-0.05, 0) is 25.3 Å². The average Bonchev–Trinajstić information content (AvgIpc) is 2.70. The zero-order valence-corrected chi connectivity index (χ0v) is 16.8. The first-order valence-corrected chi connectivity index (χ1v) is 9.03. The van der Waals surface area contributed by atoms with Crippen molar-refractivity contribution in [2.45, 2.75) is 13.7 Å². The van der Waals surface area contributed by atoms with Crippen molar-refractivity contribution >= 4 is 36.3 Å². The SMILES string of the molecule is C=C/C(=C\C=C/C)SC.COc1cc2ncnc(N)c2cc1OC.[B]C. The van der Waals surface area contributed by atoms with Gasteiger partial charge in [-0.25, -0.2) is 9.97 Å². The molecule has 2 radical (unpaired) electrons. The van der Waals surface area contributed by atoms with Crippen LogP contribution in [-0.2, 0) is 0 Å². The molecule has 5 nitrogen and oxygen atoms in total. The Morgan fingerprint density at radius 1 is 1.19 bits per heavy atom. The molecule has 0 unspecified atom stereocenters. The van der Waals surface area contributed by atoms with Crippen LogP contribution in [0.25, 0.3) is 10.9 Å². The number of nitrogen functional groups attached to an aromatic ring is 1. The predicted octanol–water partition coefficient (Wildman–Crippen LogP) is 4.43. The van der Waals surface area contributed by atoms with Crippen molar-refractivity contribution in [1.29, 1.82) is 0 Å². The van der Waals surface area contributed by atoms with Crippen LogP contribution in [-0.4, -0.2) is 38.3 Å². The second-order valence-electron chi connectivity index (χ2n) is 4.49. The minimum atomic E-state index is 0.431. The second kappa shape index (κ2) is 13.8. The van der Waals surface area contributed by atoms with Gasteiger partial charge in [0.15, 0.2) is 11.5 Å². The zero-order valence-electron chi connectivity index (χ0n) is 16.0. The smallest absolute Gasteiger partial charge is 0.162 e. The summed E-state index contributed by atoms with van der Waals surface area (Å²) in [6, 6.07) is 3.54. The molecule has 2 N–H and O–H groups in total. The number of ether oxygens (including phenoxy) is 2. The Morgan fingerprint density at radius 2 is 1.81 bits per heavy atom. The van der Waals surface area contributed by atoms with E-state index in [9.17, 15) is 0 Å². The number of anilines is 1. The summed E-state index contributed by atoms with van der Waals surface area (Å²) in [7, 11) is 7.65. The van der Waals surface area contributed by atoms with Crippen LogP contribution in [0.4, 0.5) is 5.82 Å². The highest BCUT2D eigenvalue weighted by Crippen LogP contribution is 2.32. The van der Waals surface area contributed by atoms with Gasteiger partial charge in [-0.1, -0.05) is 31.6 Å². The van der Waals surface area contributed by atoms with E-state index in [-0.39, 0.29) is 0 Å². The van der Waals surface area contributed by atoms with E-state index in [0.717, 1.165) is 10.9 Å². The third-order valence-corrected chi connectivity index (χ3v) is 3.84. The molecule has 7 heteroatoms. The lowest BCUT2D eigenvalue weighted by Crippen LogP contribution is -1.96. The molecule has 0 atom stereocenters. The summed E-state index contributed by atoms with van der Waals surface area (Å²) in [6.45, 7) is 7.16. The molecule has 0 fully saturated rings. The molecular weight excluding hydrogens is 345 g/mol. The number of allylic oxidation sites excluding steroid dienone is 4. The fraction of sp³-hybridized carbons (Fsp3) is 0.263. The molecule has 1 heterocycles. The van der Waals surface area contributed by atoms with Crippen molar-refractivity contribution in [3.05, 3.63) is 54.2 Å². The lowest BCUT2D eigenvalue weighted by atomic mass is 10.2. The molecule has 0 aliphatic heterocycles. The van der Waals surface area contributed by atoms with Gasteiger partial charge in [-0.2, -0.15) is 0 Å². The number of nitrogens with two attached hydrogens (primary N) is 1. The van der Waals surface area contributed by atoms with E-state index >= 15 is 0 Å². The van der Waals surface area contributed by atoms with Gasteiger partial charge in [0.2, 0.25) is 0 Å². The van der Waals surface area contributed by atoms with E-state index < -0.39 is 0 Å². The van der Waals surface area contributed by atoms with Gasteiger partial charge >= 0.3 is 0 Å². The summed E-state index contributed by atoms with van der Waals surface area (Å²) in [4.78, 5) is 9.21. The molecule has 0 bridgehead atoms. The Bertz CT molecular complexity index is 749. The van der Waals surface area contributed by atoms with Crippen molar-refractivity contribution in [2.24, 2.45) is 0 Å². The van der Waals surface area contributed by atoms with Gasteiger partial charge in [0.1, 0.15) is 12.1 Å². The summed E-state index contributed by atoms with van der Waals surface area (Å²) >= 11 is 1.70. The van der Waals surface area contributed by atoms with Gasteiger partial charge in [-0.3, -0.25) is 0 Å². The van der Waals surface area contributed by atoms with Crippen molar-refractivity contribution in [3.63, 3.8) is 0 Å². The fourth-order valence-electron chi connectivity index (χ4n) is 1.81. The van der Waals surface area contributed by atoms with Crippen LogP contribution in [0.5, 0.6) is 11.5 Å². The Labute approximate surface area is 161 Å². The van der Waals surface area contributed by atoms with Crippen LogP contribution < -0.4 is 15.2 Å². The number of nitrogens with zero attached hydrogens (tertiary/aromatic N) is 2. The summed E-state index contributed by atoms with van der Waals surface area (Å²) in [5, 5.41) is 0.759. The summed E-state index contributed by atoms with van der Waals surface area (Å²) < 4.78 is 10.3. The molecule has 0 saturated heterocycles. The van der Waals surface area contributed by atoms with Crippen LogP contribution in [0, 0.1) is 0 Å². The van der Waals surface area contributed by atoms with Crippen LogP contribution in [0.2, 0.25) is 6.82 Å². The minimum absolute atomic E-state index is 0.431. The molecule has 1 aromatic carbocycles. The molecule has 0 aliphatic carbocycles.